The molecule has 1 heteroatoms. The van der Waals surface area contributed by atoms with Gasteiger partial charge in [0.25, 0.3) is 0 Å². The summed E-state index contributed by atoms with van der Waals surface area (Å²) in [6.07, 6.45) is 1.88. The van der Waals surface area contributed by atoms with E-state index in [1.807, 2.05) is 6.92 Å². The normalized spacial score (nSPS) is 18.0. The molecule has 8 heavy (non-hydrogen) atoms. The molecule has 1 nitrogen and oxygen atoms in total. The number of aliphatic hydroxyl groups is 1. The molecular formula is C7H16O. The van der Waals surface area contributed by atoms with E-state index in [9.17, 15) is 0 Å². The fourth-order valence-corrected chi connectivity index (χ4v) is 0.674. The standard InChI is InChI=1S/C7H16O/c1-4-6(3)7(8)5-2/h6-8H,4-5H2,1-3H3/t6-,7+/m1/s1. The highest BCUT2D eigenvalue weighted by atomic mass is 16.3. The monoisotopic (exact) mass is 116 g/mol. The van der Waals surface area contributed by atoms with Crippen LogP contribution in [0.2, 0.25) is 0 Å². The molecule has 50 valence electrons. The Hall–Kier alpha value is -0.0400. The molecule has 0 saturated carbocycles. The zero-order valence-corrected chi connectivity index (χ0v) is 6.02. The van der Waals surface area contributed by atoms with Crippen molar-refractivity contribution in [3.05, 3.63) is 0 Å². The summed E-state index contributed by atoms with van der Waals surface area (Å²) in [6, 6.07) is 0. The topological polar surface area (TPSA) is 20.2 Å². The molecule has 0 aliphatic heterocycles. The van der Waals surface area contributed by atoms with Crippen LogP contribution in [-0.4, -0.2) is 11.2 Å². The number of hydrogen-bond donors (Lipinski definition) is 1. The Bertz CT molecular complexity index is 44.3. The predicted octanol–water partition coefficient (Wildman–Crippen LogP) is 1.80. The maximum Gasteiger partial charge on any atom is 0.0563 e. The van der Waals surface area contributed by atoms with E-state index in [2.05, 4.69) is 13.8 Å². The maximum absolute atomic E-state index is 9.13. The van der Waals surface area contributed by atoms with E-state index in [1.54, 1.807) is 0 Å². The summed E-state index contributed by atoms with van der Waals surface area (Å²) in [5.41, 5.74) is 0. The highest BCUT2D eigenvalue weighted by Gasteiger charge is 2.07. The van der Waals surface area contributed by atoms with Crippen molar-refractivity contribution in [2.45, 2.75) is 39.7 Å². The minimum Gasteiger partial charge on any atom is -0.393 e. The van der Waals surface area contributed by atoms with Crippen molar-refractivity contribution >= 4 is 0 Å². The fraction of sp³-hybridized carbons (Fsp3) is 1.00. The lowest BCUT2D eigenvalue weighted by molar-refractivity contribution is 0.111. The molecule has 2 atom stereocenters. The van der Waals surface area contributed by atoms with Crippen molar-refractivity contribution in [2.24, 2.45) is 5.92 Å². The Morgan fingerprint density at radius 3 is 1.88 bits per heavy atom. The van der Waals surface area contributed by atoms with Crippen molar-refractivity contribution in [3.8, 4) is 0 Å². The van der Waals surface area contributed by atoms with Crippen molar-refractivity contribution in [3.63, 3.8) is 0 Å². The number of rotatable bonds is 3. The molecule has 0 heterocycles. The highest BCUT2D eigenvalue weighted by Crippen LogP contribution is 2.09. The average Bonchev–Trinajstić information content (AvgIpc) is 1.84. The van der Waals surface area contributed by atoms with Crippen molar-refractivity contribution in [2.75, 3.05) is 0 Å². The average molecular weight is 116 g/mol. The molecule has 0 rings (SSSR count). The third kappa shape index (κ3) is 2.31. The zero-order valence-electron chi connectivity index (χ0n) is 6.02. The summed E-state index contributed by atoms with van der Waals surface area (Å²) in [7, 11) is 0. The highest BCUT2D eigenvalue weighted by molar-refractivity contribution is 4.59. The zero-order chi connectivity index (χ0) is 6.57. The predicted molar refractivity (Wildman–Crippen MR) is 35.8 cm³/mol. The van der Waals surface area contributed by atoms with Gasteiger partial charge in [-0.2, -0.15) is 0 Å². The minimum atomic E-state index is -0.0833. The second kappa shape index (κ2) is 3.90. The molecule has 0 aromatic rings. The smallest absolute Gasteiger partial charge is 0.0563 e. The molecular weight excluding hydrogens is 100 g/mol. The summed E-state index contributed by atoms with van der Waals surface area (Å²) in [6.45, 7) is 6.19. The van der Waals surface area contributed by atoms with Gasteiger partial charge in [0.15, 0.2) is 0 Å². The largest absolute Gasteiger partial charge is 0.393 e. The van der Waals surface area contributed by atoms with E-state index in [4.69, 9.17) is 5.11 Å². The summed E-state index contributed by atoms with van der Waals surface area (Å²) < 4.78 is 0. The third-order valence-electron chi connectivity index (χ3n) is 1.72. The van der Waals surface area contributed by atoms with Crippen LogP contribution in [0, 0.1) is 5.92 Å². The first kappa shape index (κ1) is 7.96. The van der Waals surface area contributed by atoms with Gasteiger partial charge in [0.05, 0.1) is 6.10 Å². The van der Waals surface area contributed by atoms with E-state index < -0.39 is 0 Å². The van der Waals surface area contributed by atoms with Gasteiger partial charge in [-0.15, -0.1) is 0 Å². The Morgan fingerprint density at radius 1 is 1.25 bits per heavy atom. The lowest BCUT2D eigenvalue weighted by atomic mass is 10.0. The first-order chi connectivity index (χ1) is 3.72. The maximum atomic E-state index is 9.13. The van der Waals surface area contributed by atoms with Gasteiger partial charge in [-0.1, -0.05) is 27.2 Å². The lowest BCUT2D eigenvalue weighted by Gasteiger charge is -2.13. The van der Waals surface area contributed by atoms with Crippen LogP contribution in [0.1, 0.15) is 33.6 Å². The molecule has 0 bridgehead atoms. The van der Waals surface area contributed by atoms with Gasteiger partial charge >= 0.3 is 0 Å². The van der Waals surface area contributed by atoms with Crippen LogP contribution >= 0.6 is 0 Å². The first-order valence-corrected chi connectivity index (χ1v) is 3.40. The Labute approximate surface area is 51.7 Å². The molecule has 0 radical (unpaired) electrons. The van der Waals surface area contributed by atoms with Gasteiger partial charge in [-0.25, -0.2) is 0 Å². The summed E-state index contributed by atoms with van der Waals surface area (Å²) in [5.74, 6) is 0.472. The van der Waals surface area contributed by atoms with Gasteiger partial charge in [0, 0.05) is 0 Å². The van der Waals surface area contributed by atoms with Gasteiger partial charge in [-0.05, 0) is 12.3 Å². The summed E-state index contributed by atoms with van der Waals surface area (Å²) in [4.78, 5) is 0. The second-order valence-electron chi connectivity index (χ2n) is 2.36. The van der Waals surface area contributed by atoms with Crippen LogP contribution < -0.4 is 0 Å². The SMILES string of the molecule is CC[C@@H](C)[C@@H](O)CC. The van der Waals surface area contributed by atoms with E-state index in [0.29, 0.717) is 5.92 Å². The van der Waals surface area contributed by atoms with E-state index in [1.165, 1.54) is 0 Å². The quantitative estimate of drug-likeness (QED) is 0.596. The third-order valence-corrected chi connectivity index (χ3v) is 1.72. The summed E-state index contributed by atoms with van der Waals surface area (Å²) >= 11 is 0. The van der Waals surface area contributed by atoms with Crippen LogP contribution in [0.5, 0.6) is 0 Å². The molecule has 0 amide bonds. The van der Waals surface area contributed by atoms with Crippen LogP contribution in [0.4, 0.5) is 0 Å². The van der Waals surface area contributed by atoms with E-state index in [-0.39, 0.29) is 6.10 Å². The lowest BCUT2D eigenvalue weighted by Crippen LogP contribution is -2.14. The molecule has 0 unspecified atom stereocenters. The first-order valence-electron chi connectivity index (χ1n) is 3.40. The van der Waals surface area contributed by atoms with Gasteiger partial charge in [-0.3, -0.25) is 0 Å². The van der Waals surface area contributed by atoms with Crippen LogP contribution in [0.25, 0.3) is 0 Å². The van der Waals surface area contributed by atoms with Crippen molar-refractivity contribution in [1.29, 1.82) is 0 Å². The number of aliphatic hydroxyl groups excluding tert-OH is 1. The van der Waals surface area contributed by atoms with Gasteiger partial charge < -0.3 is 5.11 Å². The molecule has 0 fully saturated rings. The molecule has 1 N–H and O–H groups in total. The minimum absolute atomic E-state index is 0.0833. The van der Waals surface area contributed by atoms with Crippen LogP contribution in [-0.2, 0) is 0 Å². The Balaban J connectivity index is 3.29. The molecule has 0 aliphatic rings. The number of hydrogen-bond acceptors (Lipinski definition) is 1. The van der Waals surface area contributed by atoms with Crippen molar-refractivity contribution in [1.82, 2.24) is 0 Å². The van der Waals surface area contributed by atoms with E-state index >= 15 is 0 Å². The van der Waals surface area contributed by atoms with Gasteiger partial charge in [0.1, 0.15) is 0 Å². The fourth-order valence-electron chi connectivity index (χ4n) is 0.674. The second-order valence-corrected chi connectivity index (χ2v) is 2.36. The summed E-state index contributed by atoms with van der Waals surface area (Å²) in [5, 5.41) is 9.13. The Kier molecular flexibility index (Phi) is 3.88. The van der Waals surface area contributed by atoms with Crippen molar-refractivity contribution < 1.29 is 5.11 Å². The van der Waals surface area contributed by atoms with Gasteiger partial charge in [0.2, 0.25) is 0 Å². The van der Waals surface area contributed by atoms with E-state index in [0.717, 1.165) is 12.8 Å². The molecule has 0 saturated heterocycles. The Morgan fingerprint density at radius 2 is 1.75 bits per heavy atom. The van der Waals surface area contributed by atoms with Crippen LogP contribution in [0.3, 0.4) is 0 Å². The molecule has 0 aliphatic carbocycles. The molecule has 0 spiro atoms. The molecule has 0 aromatic carbocycles. The molecule has 0 aromatic heterocycles. The van der Waals surface area contributed by atoms with Crippen LogP contribution in [0.15, 0.2) is 0 Å².